The molecule has 1 saturated carbocycles. The van der Waals surface area contributed by atoms with Crippen LogP contribution in [0.4, 0.5) is 0 Å². The highest BCUT2D eigenvalue weighted by Gasteiger charge is 2.37. The Morgan fingerprint density at radius 3 is 2.87 bits per heavy atom. The van der Waals surface area contributed by atoms with Gasteiger partial charge in [-0.25, -0.2) is 0 Å². The maximum atomic E-state index is 6.50. The van der Waals surface area contributed by atoms with Crippen LogP contribution < -0.4 is 5.73 Å². The van der Waals surface area contributed by atoms with E-state index in [0.717, 1.165) is 19.3 Å². The van der Waals surface area contributed by atoms with Crippen LogP contribution in [0.3, 0.4) is 0 Å². The Labute approximate surface area is 95.9 Å². The molecule has 2 N–H and O–H groups in total. The highest BCUT2D eigenvalue weighted by atomic mass is 32.1. The second-order valence-electron chi connectivity index (χ2n) is 5.70. The largest absolute Gasteiger partial charge is 0.325 e. The molecule has 2 rings (SSSR count). The lowest BCUT2D eigenvalue weighted by atomic mass is 9.67. The zero-order valence-corrected chi connectivity index (χ0v) is 10.4. The number of rotatable bonds is 2. The summed E-state index contributed by atoms with van der Waals surface area (Å²) in [5.74, 6) is 0. The molecule has 84 valence electrons. The van der Waals surface area contributed by atoms with Gasteiger partial charge in [0.15, 0.2) is 0 Å². The zero-order chi connectivity index (χ0) is 10.9. The number of aromatic nitrogens is 1. The van der Waals surface area contributed by atoms with E-state index in [0.29, 0.717) is 5.41 Å². The minimum atomic E-state index is 0.00822. The molecule has 0 radical (unpaired) electrons. The Balaban J connectivity index is 2.06. The Hall–Kier alpha value is -0.410. The molecule has 0 amide bonds. The molecule has 0 aromatic carbocycles. The smallest absolute Gasteiger partial charge is 0.0794 e. The lowest BCUT2D eigenvalue weighted by Gasteiger charge is -2.42. The Bertz CT molecular complexity index is 318. The highest BCUT2D eigenvalue weighted by Crippen LogP contribution is 2.41. The molecule has 3 heteroatoms. The Morgan fingerprint density at radius 2 is 2.27 bits per heavy atom. The van der Waals surface area contributed by atoms with Crippen LogP contribution in [0.1, 0.15) is 44.4 Å². The van der Waals surface area contributed by atoms with Gasteiger partial charge in [-0.15, -0.1) is 11.3 Å². The van der Waals surface area contributed by atoms with Gasteiger partial charge in [0.25, 0.3) is 0 Å². The van der Waals surface area contributed by atoms with Crippen LogP contribution in [0.2, 0.25) is 0 Å². The topological polar surface area (TPSA) is 38.9 Å². The molecule has 0 saturated heterocycles. The molecule has 1 aliphatic carbocycles. The van der Waals surface area contributed by atoms with Crippen LogP contribution in [-0.4, -0.2) is 10.5 Å². The molecule has 1 atom stereocenters. The van der Waals surface area contributed by atoms with Crippen molar-refractivity contribution in [1.82, 2.24) is 4.98 Å². The normalized spacial score (nSPS) is 30.3. The first-order valence-corrected chi connectivity index (χ1v) is 6.53. The third-order valence-corrected chi connectivity index (χ3v) is 4.15. The van der Waals surface area contributed by atoms with Crippen LogP contribution in [0, 0.1) is 5.41 Å². The average Bonchev–Trinajstić information content (AvgIpc) is 2.52. The first-order chi connectivity index (χ1) is 6.99. The van der Waals surface area contributed by atoms with E-state index in [4.69, 9.17) is 5.73 Å². The minimum Gasteiger partial charge on any atom is -0.325 e. The SMILES string of the molecule is CC1(C)CCCC(N)(Cc2cncs2)C1. The molecule has 15 heavy (non-hydrogen) atoms. The lowest BCUT2D eigenvalue weighted by Crippen LogP contribution is -2.48. The fourth-order valence-electron chi connectivity index (χ4n) is 2.88. The summed E-state index contributed by atoms with van der Waals surface area (Å²) in [6, 6.07) is 0. The van der Waals surface area contributed by atoms with Gasteiger partial charge < -0.3 is 5.73 Å². The maximum absolute atomic E-state index is 6.50. The minimum absolute atomic E-state index is 0.00822. The molecule has 1 aromatic heterocycles. The van der Waals surface area contributed by atoms with Crippen LogP contribution in [0.15, 0.2) is 11.7 Å². The van der Waals surface area contributed by atoms with Gasteiger partial charge in [-0.2, -0.15) is 0 Å². The van der Waals surface area contributed by atoms with Gasteiger partial charge >= 0.3 is 0 Å². The summed E-state index contributed by atoms with van der Waals surface area (Å²) in [6.45, 7) is 4.67. The third kappa shape index (κ3) is 2.79. The summed E-state index contributed by atoms with van der Waals surface area (Å²) in [7, 11) is 0. The van der Waals surface area contributed by atoms with E-state index in [-0.39, 0.29) is 5.54 Å². The van der Waals surface area contributed by atoms with E-state index in [2.05, 4.69) is 18.8 Å². The van der Waals surface area contributed by atoms with Gasteiger partial charge in [-0.1, -0.05) is 20.3 Å². The van der Waals surface area contributed by atoms with E-state index in [1.54, 1.807) is 11.3 Å². The van der Waals surface area contributed by atoms with Crippen LogP contribution >= 0.6 is 11.3 Å². The van der Waals surface area contributed by atoms with Crippen molar-refractivity contribution in [1.29, 1.82) is 0 Å². The van der Waals surface area contributed by atoms with E-state index in [1.165, 1.54) is 17.7 Å². The summed E-state index contributed by atoms with van der Waals surface area (Å²) in [6.07, 6.45) is 7.84. The first kappa shape index (κ1) is 11.1. The second-order valence-corrected chi connectivity index (χ2v) is 6.67. The summed E-state index contributed by atoms with van der Waals surface area (Å²) in [4.78, 5) is 5.45. The van der Waals surface area contributed by atoms with Crippen molar-refractivity contribution in [2.45, 2.75) is 51.5 Å². The molecular weight excluding hydrogens is 204 g/mol. The predicted octanol–water partition coefficient (Wildman–Crippen LogP) is 2.98. The second kappa shape index (κ2) is 3.87. The number of hydrogen-bond acceptors (Lipinski definition) is 3. The van der Waals surface area contributed by atoms with E-state index < -0.39 is 0 Å². The van der Waals surface area contributed by atoms with Gasteiger partial charge in [0.2, 0.25) is 0 Å². The summed E-state index contributed by atoms with van der Waals surface area (Å²) in [5, 5.41) is 0. The van der Waals surface area contributed by atoms with Gasteiger partial charge in [0.1, 0.15) is 0 Å². The Morgan fingerprint density at radius 1 is 1.47 bits per heavy atom. The van der Waals surface area contributed by atoms with E-state index >= 15 is 0 Å². The summed E-state index contributed by atoms with van der Waals surface area (Å²) < 4.78 is 0. The van der Waals surface area contributed by atoms with Crippen molar-refractivity contribution in [3.8, 4) is 0 Å². The molecular formula is C12H20N2S. The van der Waals surface area contributed by atoms with Crippen molar-refractivity contribution in [3.05, 3.63) is 16.6 Å². The third-order valence-electron chi connectivity index (χ3n) is 3.37. The van der Waals surface area contributed by atoms with Crippen molar-refractivity contribution >= 4 is 11.3 Å². The molecule has 1 unspecified atom stereocenters. The van der Waals surface area contributed by atoms with E-state index in [1.807, 2.05) is 11.7 Å². The molecule has 1 aliphatic rings. The van der Waals surface area contributed by atoms with Crippen molar-refractivity contribution in [3.63, 3.8) is 0 Å². The lowest BCUT2D eigenvalue weighted by molar-refractivity contribution is 0.151. The van der Waals surface area contributed by atoms with Crippen molar-refractivity contribution < 1.29 is 0 Å². The molecule has 0 spiro atoms. The Kier molecular flexibility index (Phi) is 2.86. The average molecular weight is 224 g/mol. The van der Waals surface area contributed by atoms with Gasteiger partial charge in [0, 0.05) is 23.0 Å². The molecule has 2 nitrogen and oxygen atoms in total. The van der Waals surface area contributed by atoms with Gasteiger partial charge in [-0.05, 0) is 24.7 Å². The highest BCUT2D eigenvalue weighted by molar-refractivity contribution is 7.09. The fourth-order valence-corrected chi connectivity index (χ4v) is 3.63. The number of thiazole rings is 1. The molecule has 0 bridgehead atoms. The number of nitrogens with two attached hydrogens (primary N) is 1. The van der Waals surface area contributed by atoms with Crippen LogP contribution in [0.25, 0.3) is 0 Å². The molecule has 1 fully saturated rings. The first-order valence-electron chi connectivity index (χ1n) is 5.65. The monoisotopic (exact) mass is 224 g/mol. The molecule has 1 heterocycles. The number of hydrogen-bond donors (Lipinski definition) is 1. The van der Waals surface area contributed by atoms with Crippen LogP contribution in [-0.2, 0) is 6.42 Å². The summed E-state index contributed by atoms with van der Waals surface area (Å²) >= 11 is 1.72. The number of nitrogens with zero attached hydrogens (tertiary/aromatic N) is 1. The quantitative estimate of drug-likeness (QED) is 0.838. The van der Waals surface area contributed by atoms with Gasteiger partial charge in [-0.3, -0.25) is 4.98 Å². The predicted molar refractivity (Wildman–Crippen MR) is 65.0 cm³/mol. The standard InChI is InChI=1S/C12H20N2S/c1-11(2)4-3-5-12(13,8-11)6-10-7-14-9-15-10/h7,9H,3-6,8,13H2,1-2H3. The molecule has 0 aliphatic heterocycles. The van der Waals surface area contributed by atoms with Gasteiger partial charge in [0.05, 0.1) is 5.51 Å². The zero-order valence-electron chi connectivity index (χ0n) is 9.62. The van der Waals surface area contributed by atoms with Crippen molar-refractivity contribution in [2.75, 3.05) is 0 Å². The van der Waals surface area contributed by atoms with E-state index in [9.17, 15) is 0 Å². The molecule has 1 aromatic rings. The summed E-state index contributed by atoms with van der Waals surface area (Å²) in [5.41, 5.74) is 8.82. The van der Waals surface area contributed by atoms with Crippen LogP contribution in [0.5, 0.6) is 0 Å². The van der Waals surface area contributed by atoms with Crippen molar-refractivity contribution in [2.24, 2.45) is 11.1 Å². The maximum Gasteiger partial charge on any atom is 0.0794 e. The fraction of sp³-hybridized carbons (Fsp3) is 0.750.